The number of halogens is 3. The molecule has 3 aromatic heterocycles. The number of thiophene rings is 1. The van der Waals surface area contributed by atoms with E-state index in [1.54, 1.807) is 11.0 Å². The molecular formula is C26H26F3N7O2S2. The van der Waals surface area contributed by atoms with Crippen molar-refractivity contribution in [3.05, 3.63) is 39.8 Å². The quantitative estimate of drug-likeness (QED) is 0.459. The third kappa shape index (κ3) is 4.84. The third-order valence-electron chi connectivity index (χ3n) is 7.55. The molecule has 2 fully saturated rings. The summed E-state index contributed by atoms with van der Waals surface area (Å²) in [6.07, 6.45) is -1.13. The SMILES string of the molecule is CN1CCc2nc(Nc3ncc(C(F)(F)F)c(-c4cc5c(s4)C(=O)N(C4COC4)CCS5)n3)c(C3CC3)nc2C1. The Bertz CT molecular complexity index is 1490. The van der Waals surface area contributed by atoms with Crippen LogP contribution in [-0.2, 0) is 23.9 Å². The number of likely N-dealkylation sites (N-methyl/N-ethyl adjacent to an activating group) is 1. The topological polar surface area (TPSA) is 96.4 Å². The van der Waals surface area contributed by atoms with Crippen molar-refractivity contribution in [1.29, 1.82) is 0 Å². The summed E-state index contributed by atoms with van der Waals surface area (Å²) in [5.74, 6) is 1.27. The maximum Gasteiger partial charge on any atom is 0.420 e. The van der Waals surface area contributed by atoms with Gasteiger partial charge in [0, 0.05) is 48.8 Å². The summed E-state index contributed by atoms with van der Waals surface area (Å²) in [7, 11) is 2.04. The average molecular weight is 590 g/mol. The van der Waals surface area contributed by atoms with Gasteiger partial charge in [0.15, 0.2) is 5.82 Å². The largest absolute Gasteiger partial charge is 0.420 e. The minimum absolute atomic E-state index is 0.00368. The van der Waals surface area contributed by atoms with Crippen molar-refractivity contribution in [2.45, 2.75) is 48.8 Å². The van der Waals surface area contributed by atoms with Crippen molar-refractivity contribution in [3.63, 3.8) is 0 Å². The number of fused-ring (bicyclic) bond motifs is 2. The van der Waals surface area contributed by atoms with Crippen LogP contribution in [0.15, 0.2) is 17.2 Å². The number of anilines is 2. The zero-order valence-corrected chi connectivity index (χ0v) is 23.3. The van der Waals surface area contributed by atoms with E-state index >= 15 is 0 Å². The molecule has 4 aliphatic rings. The number of nitrogens with one attached hydrogen (secondary N) is 1. The molecule has 0 atom stereocenters. The number of carbonyl (C=O) groups is 1. The molecule has 14 heteroatoms. The molecule has 1 aliphatic carbocycles. The Labute approximate surface area is 236 Å². The number of aromatic nitrogens is 4. The lowest BCUT2D eigenvalue weighted by atomic mass is 10.1. The summed E-state index contributed by atoms with van der Waals surface area (Å²) in [4.78, 5) is 36.8. The van der Waals surface area contributed by atoms with E-state index in [9.17, 15) is 18.0 Å². The lowest BCUT2D eigenvalue weighted by Gasteiger charge is -2.36. The fourth-order valence-corrected chi connectivity index (χ4v) is 7.46. The average Bonchev–Trinajstić information content (AvgIpc) is 3.66. The van der Waals surface area contributed by atoms with Gasteiger partial charge in [0.2, 0.25) is 5.95 Å². The minimum Gasteiger partial charge on any atom is -0.377 e. The molecule has 40 heavy (non-hydrogen) atoms. The molecular weight excluding hydrogens is 563 g/mol. The standard InChI is InChI=1S/C26H26F3N7O2S2/c1-35-5-4-16-17(10-35)31-20(13-2-3-13)23(32-16)34-25-30-9-15(26(27,28)29)21(33-25)18-8-19-22(40-18)24(37)36(6-7-39-19)14-11-38-12-14/h8-9,13-14H,2-7,10-12H2,1H3,(H,30,32,33,34). The fourth-order valence-electron chi connectivity index (χ4n) is 5.14. The van der Waals surface area contributed by atoms with E-state index in [0.717, 1.165) is 60.4 Å². The first-order valence-electron chi connectivity index (χ1n) is 13.2. The number of hydrogen-bond donors (Lipinski definition) is 1. The Kier molecular flexibility index (Phi) is 6.48. The van der Waals surface area contributed by atoms with Crippen LogP contribution in [0.3, 0.4) is 0 Å². The van der Waals surface area contributed by atoms with Crippen molar-refractivity contribution in [2.24, 2.45) is 0 Å². The van der Waals surface area contributed by atoms with Crippen LogP contribution in [0.1, 0.15) is 51.1 Å². The van der Waals surface area contributed by atoms with E-state index in [1.165, 1.54) is 11.8 Å². The number of alkyl halides is 3. The predicted molar refractivity (Wildman–Crippen MR) is 144 cm³/mol. The minimum atomic E-state index is -4.67. The molecule has 0 radical (unpaired) electrons. The molecule has 1 saturated carbocycles. The molecule has 0 aromatic carbocycles. The Hall–Kier alpha value is -2.81. The number of ether oxygens (including phenoxy) is 1. The number of nitrogens with zero attached hydrogens (tertiary/aromatic N) is 6. The van der Waals surface area contributed by atoms with E-state index in [4.69, 9.17) is 14.7 Å². The molecule has 210 valence electrons. The number of thioether (sulfide) groups is 1. The smallest absolute Gasteiger partial charge is 0.377 e. The Morgan fingerprint density at radius 3 is 2.67 bits per heavy atom. The summed E-state index contributed by atoms with van der Waals surface area (Å²) in [5.41, 5.74) is 1.44. The van der Waals surface area contributed by atoms with E-state index in [2.05, 4.69) is 20.2 Å². The maximum absolute atomic E-state index is 14.1. The van der Waals surface area contributed by atoms with Crippen LogP contribution in [0.5, 0.6) is 0 Å². The zero-order chi connectivity index (χ0) is 27.6. The number of rotatable bonds is 5. The Morgan fingerprint density at radius 2 is 1.95 bits per heavy atom. The van der Waals surface area contributed by atoms with Gasteiger partial charge in [-0.2, -0.15) is 13.2 Å². The monoisotopic (exact) mass is 589 g/mol. The van der Waals surface area contributed by atoms with Gasteiger partial charge in [-0.1, -0.05) is 0 Å². The van der Waals surface area contributed by atoms with Crippen LogP contribution in [0.25, 0.3) is 10.6 Å². The van der Waals surface area contributed by atoms with Crippen molar-refractivity contribution in [2.75, 3.05) is 44.4 Å². The molecule has 3 aromatic rings. The summed E-state index contributed by atoms with van der Waals surface area (Å²) in [6, 6.07) is 1.65. The van der Waals surface area contributed by atoms with Gasteiger partial charge in [-0.3, -0.25) is 9.78 Å². The molecule has 1 amide bonds. The van der Waals surface area contributed by atoms with Crippen molar-refractivity contribution < 1.29 is 22.7 Å². The lowest BCUT2D eigenvalue weighted by molar-refractivity contribution is -0.137. The van der Waals surface area contributed by atoms with Crippen molar-refractivity contribution >= 4 is 40.8 Å². The molecule has 0 bridgehead atoms. The third-order valence-corrected chi connectivity index (χ3v) is 9.83. The maximum atomic E-state index is 14.1. The normalized spacial score (nSPS) is 20.1. The first kappa shape index (κ1) is 26.1. The highest BCUT2D eigenvalue weighted by Gasteiger charge is 2.39. The van der Waals surface area contributed by atoms with Gasteiger partial charge in [0.1, 0.15) is 10.4 Å². The fraction of sp³-hybridized carbons (Fsp3) is 0.500. The number of carbonyl (C=O) groups excluding carboxylic acids is 1. The first-order chi connectivity index (χ1) is 19.2. The van der Waals surface area contributed by atoms with Gasteiger partial charge in [0.25, 0.3) is 5.91 Å². The van der Waals surface area contributed by atoms with Gasteiger partial charge in [-0.25, -0.2) is 15.0 Å². The van der Waals surface area contributed by atoms with E-state index in [0.29, 0.717) is 47.6 Å². The predicted octanol–water partition coefficient (Wildman–Crippen LogP) is 4.57. The summed E-state index contributed by atoms with van der Waals surface area (Å²) in [5, 5.41) is 3.10. The van der Waals surface area contributed by atoms with Crippen LogP contribution in [0, 0.1) is 0 Å². The molecule has 3 aliphatic heterocycles. The van der Waals surface area contributed by atoms with Crippen LogP contribution in [0.2, 0.25) is 0 Å². The summed E-state index contributed by atoms with van der Waals surface area (Å²) >= 11 is 2.52. The molecule has 1 N–H and O–H groups in total. The highest BCUT2D eigenvalue weighted by molar-refractivity contribution is 7.99. The van der Waals surface area contributed by atoms with Gasteiger partial charge >= 0.3 is 6.18 Å². The zero-order valence-electron chi connectivity index (χ0n) is 21.6. The molecule has 1 saturated heterocycles. The molecule has 9 nitrogen and oxygen atoms in total. The lowest BCUT2D eigenvalue weighted by Crippen LogP contribution is -2.52. The molecule has 0 unspecified atom stereocenters. The number of amides is 1. The van der Waals surface area contributed by atoms with E-state index in [-0.39, 0.29) is 34.4 Å². The van der Waals surface area contributed by atoms with Crippen LogP contribution >= 0.6 is 23.1 Å². The Balaban J connectivity index is 1.26. The van der Waals surface area contributed by atoms with Crippen molar-refractivity contribution in [1.82, 2.24) is 29.7 Å². The van der Waals surface area contributed by atoms with Gasteiger partial charge < -0.3 is 19.9 Å². The second-order valence-corrected chi connectivity index (χ2v) is 12.7. The van der Waals surface area contributed by atoms with E-state index in [1.807, 2.05) is 7.05 Å². The van der Waals surface area contributed by atoms with Gasteiger partial charge in [-0.05, 0) is 26.0 Å². The van der Waals surface area contributed by atoms with Gasteiger partial charge in [0.05, 0.1) is 46.9 Å². The van der Waals surface area contributed by atoms with Crippen molar-refractivity contribution in [3.8, 4) is 10.6 Å². The molecule has 7 rings (SSSR count). The van der Waals surface area contributed by atoms with Gasteiger partial charge in [-0.15, -0.1) is 23.1 Å². The van der Waals surface area contributed by atoms with Crippen LogP contribution in [-0.4, -0.2) is 80.8 Å². The first-order valence-corrected chi connectivity index (χ1v) is 15.0. The molecule has 0 spiro atoms. The highest BCUT2D eigenvalue weighted by atomic mass is 32.2. The second kappa shape index (κ2) is 9.93. The van der Waals surface area contributed by atoms with Crippen LogP contribution in [0.4, 0.5) is 24.9 Å². The Morgan fingerprint density at radius 1 is 1.12 bits per heavy atom. The van der Waals surface area contributed by atoms with E-state index < -0.39 is 11.7 Å². The molecule has 6 heterocycles. The second-order valence-electron chi connectivity index (χ2n) is 10.5. The summed E-state index contributed by atoms with van der Waals surface area (Å²) in [6.45, 7) is 3.11. The van der Waals surface area contributed by atoms with Crippen LogP contribution < -0.4 is 5.32 Å². The number of hydrogen-bond acceptors (Lipinski definition) is 10. The summed E-state index contributed by atoms with van der Waals surface area (Å²) < 4.78 is 47.6. The highest BCUT2D eigenvalue weighted by Crippen LogP contribution is 2.45.